The Kier molecular flexibility index (Phi) is 7.78. The fourth-order valence-corrected chi connectivity index (χ4v) is 2.41. The van der Waals surface area contributed by atoms with Crippen molar-refractivity contribution in [3.8, 4) is 0 Å². The Morgan fingerprint density at radius 3 is 2.58 bits per heavy atom. The van der Waals surface area contributed by atoms with Gasteiger partial charge in [0.2, 0.25) is 5.91 Å². The third kappa shape index (κ3) is 7.85. The van der Waals surface area contributed by atoms with Crippen LogP contribution in [0.3, 0.4) is 0 Å². The zero-order chi connectivity index (χ0) is 18.3. The normalized spacial score (nSPS) is 11.5. The molecule has 0 aliphatic rings. The summed E-state index contributed by atoms with van der Waals surface area (Å²) in [6.45, 7) is 5.39. The maximum atomic E-state index is 13.8. The van der Waals surface area contributed by atoms with Gasteiger partial charge in [-0.2, -0.15) is 0 Å². The first-order valence-corrected chi connectivity index (χ1v) is 8.29. The zero-order valence-electron chi connectivity index (χ0n) is 14.0. The molecule has 3 N–H and O–H groups in total. The Labute approximate surface area is 149 Å². The van der Waals surface area contributed by atoms with Crippen LogP contribution in [0.5, 0.6) is 0 Å². The predicted molar refractivity (Wildman–Crippen MR) is 92.9 cm³/mol. The van der Waals surface area contributed by atoms with Gasteiger partial charge in [-0.05, 0) is 39.0 Å². The number of hydrogen-bond donors (Lipinski definition) is 3. The van der Waals surface area contributed by atoms with E-state index in [1.807, 2.05) is 0 Å². The van der Waals surface area contributed by atoms with E-state index in [1.165, 1.54) is 6.07 Å². The number of urea groups is 1. The first kappa shape index (κ1) is 20.5. The van der Waals surface area contributed by atoms with E-state index in [0.717, 1.165) is 4.47 Å². The molecule has 8 heteroatoms. The minimum absolute atomic E-state index is 0.135. The molecular formula is C16H23BrFN3O3. The van der Waals surface area contributed by atoms with Gasteiger partial charge in [-0.15, -0.1) is 0 Å². The second kappa shape index (κ2) is 9.10. The molecule has 0 atom stereocenters. The lowest BCUT2D eigenvalue weighted by Gasteiger charge is -2.23. The third-order valence-electron chi connectivity index (χ3n) is 2.93. The second-order valence-corrected chi connectivity index (χ2v) is 7.34. The van der Waals surface area contributed by atoms with Gasteiger partial charge in [0.1, 0.15) is 5.82 Å². The molecular weight excluding hydrogens is 381 g/mol. The summed E-state index contributed by atoms with van der Waals surface area (Å²) >= 11 is 3.27. The van der Waals surface area contributed by atoms with Gasteiger partial charge in [-0.1, -0.05) is 15.9 Å². The van der Waals surface area contributed by atoms with Crippen molar-refractivity contribution in [2.45, 2.75) is 32.9 Å². The SMILES string of the molecule is CC(C)(C)NC(=O)NC(=O)CN(CCO)Cc1cc(Br)ccc1F. The number of amides is 3. The van der Waals surface area contributed by atoms with E-state index in [9.17, 15) is 14.0 Å². The molecule has 0 spiro atoms. The van der Waals surface area contributed by atoms with Crippen molar-refractivity contribution < 1.29 is 19.1 Å². The molecule has 0 unspecified atom stereocenters. The molecule has 0 heterocycles. The highest BCUT2D eigenvalue weighted by Crippen LogP contribution is 2.17. The molecule has 0 aliphatic heterocycles. The van der Waals surface area contributed by atoms with Crippen LogP contribution < -0.4 is 10.6 Å². The zero-order valence-corrected chi connectivity index (χ0v) is 15.6. The van der Waals surface area contributed by atoms with Gasteiger partial charge in [0.15, 0.2) is 0 Å². The Morgan fingerprint density at radius 1 is 1.33 bits per heavy atom. The minimum atomic E-state index is -0.593. The quantitative estimate of drug-likeness (QED) is 0.678. The van der Waals surface area contributed by atoms with Gasteiger partial charge < -0.3 is 10.4 Å². The van der Waals surface area contributed by atoms with Crippen molar-refractivity contribution >= 4 is 27.9 Å². The lowest BCUT2D eigenvalue weighted by atomic mass is 10.1. The molecule has 1 rings (SSSR count). The maximum absolute atomic E-state index is 13.8. The molecule has 3 amide bonds. The van der Waals surface area contributed by atoms with Gasteiger partial charge >= 0.3 is 6.03 Å². The minimum Gasteiger partial charge on any atom is -0.395 e. The van der Waals surface area contributed by atoms with E-state index in [4.69, 9.17) is 5.11 Å². The summed E-state index contributed by atoms with van der Waals surface area (Å²) < 4.78 is 14.5. The van der Waals surface area contributed by atoms with Crippen molar-refractivity contribution in [2.24, 2.45) is 0 Å². The molecule has 0 radical (unpaired) electrons. The molecule has 0 fully saturated rings. The van der Waals surface area contributed by atoms with Crippen LogP contribution in [0.15, 0.2) is 22.7 Å². The van der Waals surface area contributed by atoms with Crippen LogP contribution in [-0.4, -0.2) is 47.2 Å². The molecule has 134 valence electrons. The standard InChI is InChI=1S/C16H23BrFN3O3/c1-16(2,3)20-15(24)19-14(23)10-21(6-7-22)9-11-8-12(17)4-5-13(11)18/h4-5,8,22H,6-7,9-10H2,1-3H3,(H2,19,20,23,24). The fourth-order valence-electron chi connectivity index (χ4n) is 2.00. The van der Waals surface area contributed by atoms with E-state index >= 15 is 0 Å². The van der Waals surface area contributed by atoms with Crippen LogP contribution >= 0.6 is 15.9 Å². The van der Waals surface area contributed by atoms with Gasteiger partial charge in [0.25, 0.3) is 0 Å². The topological polar surface area (TPSA) is 81.7 Å². The number of halogens is 2. The van der Waals surface area contributed by atoms with Crippen LogP contribution in [0, 0.1) is 5.82 Å². The average molecular weight is 404 g/mol. The number of benzene rings is 1. The molecule has 6 nitrogen and oxygen atoms in total. The first-order valence-electron chi connectivity index (χ1n) is 7.50. The number of nitrogens with zero attached hydrogens (tertiary/aromatic N) is 1. The number of carbonyl (C=O) groups is 2. The van der Waals surface area contributed by atoms with Crippen molar-refractivity contribution in [3.63, 3.8) is 0 Å². The summed E-state index contributed by atoms with van der Waals surface area (Å²) in [5, 5.41) is 14.0. The Balaban J connectivity index is 2.67. The molecule has 0 aliphatic carbocycles. The van der Waals surface area contributed by atoms with Crippen LogP contribution in [0.25, 0.3) is 0 Å². The lowest BCUT2D eigenvalue weighted by molar-refractivity contribution is -0.121. The number of hydrogen-bond acceptors (Lipinski definition) is 4. The second-order valence-electron chi connectivity index (χ2n) is 6.42. The van der Waals surface area contributed by atoms with Crippen LogP contribution in [0.4, 0.5) is 9.18 Å². The van der Waals surface area contributed by atoms with Crippen molar-refractivity contribution in [1.82, 2.24) is 15.5 Å². The number of carbonyl (C=O) groups excluding carboxylic acids is 2. The smallest absolute Gasteiger partial charge is 0.321 e. The number of imide groups is 1. The van der Waals surface area contributed by atoms with Gasteiger partial charge in [-0.3, -0.25) is 15.0 Å². The Morgan fingerprint density at radius 2 is 2.00 bits per heavy atom. The van der Waals surface area contributed by atoms with E-state index in [-0.39, 0.29) is 26.2 Å². The van der Waals surface area contributed by atoms with Crippen LogP contribution in [0.2, 0.25) is 0 Å². The maximum Gasteiger partial charge on any atom is 0.321 e. The van der Waals surface area contributed by atoms with Gasteiger partial charge in [-0.25, -0.2) is 9.18 Å². The number of nitrogens with one attached hydrogen (secondary N) is 2. The van der Waals surface area contributed by atoms with E-state index < -0.39 is 23.3 Å². The molecule has 1 aromatic rings. The predicted octanol–water partition coefficient (Wildman–Crippen LogP) is 2.01. The summed E-state index contributed by atoms with van der Waals surface area (Å²) in [7, 11) is 0. The summed E-state index contributed by atoms with van der Waals surface area (Å²) in [4.78, 5) is 25.2. The molecule has 0 saturated heterocycles. The van der Waals surface area contributed by atoms with Crippen LogP contribution in [0.1, 0.15) is 26.3 Å². The fraction of sp³-hybridized carbons (Fsp3) is 0.500. The largest absolute Gasteiger partial charge is 0.395 e. The van der Waals surface area contributed by atoms with Crippen molar-refractivity contribution in [2.75, 3.05) is 19.7 Å². The highest BCUT2D eigenvalue weighted by molar-refractivity contribution is 9.10. The number of rotatable bonds is 6. The Bertz CT molecular complexity index is 590. The van der Waals surface area contributed by atoms with E-state index in [0.29, 0.717) is 5.56 Å². The van der Waals surface area contributed by atoms with Crippen molar-refractivity contribution in [3.05, 3.63) is 34.1 Å². The first-order chi connectivity index (χ1) is 11.1. The summed E-state index contributed by atoms with van der Waals surface area (Å²) in [5.74, 6) is -0.923. The van der Waals surface area contributed by atoms with Gasteiger partial charge in [0, 0.05) is 28.7 Å². The third-order valence-corrected chi connectivity index (χ3v) is 3.42. The van der Waals surface area contributed by atoms with E-state index in [2.05, 4.69) is 26.6 Å². The summed E-state index contributed by atoms with van der Waals surface area (Å²) in [5.41, 5.74) is -0.0704. The average Bonchev–Trinajstić information content (AvgIpc) is 2.40. The van der Waals surface area contributed by atoms with Crippen LogP contribution in [-0.2, 0) is 11.3 Å². The molecule has 0 saturated carbocycles. The molecule has 24 heavy (non-hydrogen) atoms. The van der Waals surface area contributed by atoms with Crippen molar-refractivity contribution in [1.29, 1.82) is 0 Å². The molecule has 0 aromatic heterocycles. The number of aliphatic hydroxyl groups is 1. The summed E-state index contributed by atoms with van der Waals surface area (Å²) in [6.07, 6.45) is 0. The summed E-state index contributed by atoms with van der Waals surface area (Å²) in [6, 6.07) is 3.93. The highest BCUT2D eigenvalue weighted by Gasteiger charge is 2.18. The van der Waals surface area contributed by atoms with Gasteiger partial charge in [0.05, 0.1) is 13.2 Å². The molecule has 0 bridgehead atoms. The van der Waals surface area contributed by atoms with E-state index in [1.54, 1.807) is 37.8 Å². The Hall–Kier alpha value is -1.51. The lowest BCUT2D eigenvalue weighted by Crippen LogP contribution is -2.50. The number of aliphatic hydroxyl groups excluding tert-OH is 1. The molecule has 1 aromatic carbocycles. The monoisotopic (exact) mass is 403 g/mol. The highest BCUT2D eigenvalue weighted by atomic mass is 79.9.